The van der Waals surface area contributed by atoms with Gasteiger partial charge in [0.2, 0.25) is 0 Å². The van der Waals surface area contributed by atoms with E-state index in [4.69, 9.17) is 18.9 Å². The van der Waals surface area contributed by atoms with E-state index in [1.165, 1.54) is 148 Å². The molecule has 6 unspecified atom stereocenters. The third kappa shape index (κ3) is 37.0. The Morgan fingerprint density at radius 2 is 1.02 bits per heavy atom. The van der Waals surface area contributed by atoms with E-state index in [2.05, 4.69) is 54.5 Å². The van der Waals surface area contributed by atoms with Gasteiger partial charge in [-0.05, 0) is 70.6 Å². The summed E-state index contributed by atoms with van der Waals surface area (Å²) in [4.78, 5) is 12.9. The number of rotatable bonds is 46. The quantitative estimate of drug-likeness (QED) is 0.0197. The number of ether oxygens (including phenoxy) is 4. The average Bonchev–Trinajstić information content (AvgIpc) is 3.28. The average molecular weight is 945 g/mol. The number of allylic oxidation sites excluding steroid dienone is 6. The molecule has 0 aromatic rings. The molecule has 6 atom stereocenters. The van der Waals surface area contributed by atoms with Crippen LogP contribution in [-0.4, -0.2) is 97.5 Å². The van der Waals surface area contributed by atoms with Crippen molar-refractivity contribution in [1.82, 2.24) is 0 Å². The summed E-state index contributed by atoms with van der Waals surface area (Å²) in [7, 11) is -5.06. The zero-order valence-corrected chi connectivity index (χ0v) is 41.9. The van der Waals surface area contributed by atoms with Crippen molar-refractivity contribution in [2.45, 2.75) is 263 Å². The van der Waals surface area contributed by atoms with Crippen LogP contribution in [0.2, 0.25) is 0 Å². The van der Waals surface area contributed by atoms with E-state index in [0.717, 1.165) is 51.4 Å². The lowest BCUT2D eigenvalue weighted by Gasteiger charge is -2.41. The molecule has 0 saturated carbocycles. The molecule has 0 radical (unpaired) electrons. The summed E-state index contributed by atoms with van der Waals surface area (Å²) in [6.45, 7) is 3.97. The van der Waals surface area contributed by atoms with Gasteiger partial charge in [0.15, 0.2) is 6.29 Å². The van der Waals surface area contributed by atoms with Gasteiger partial charge in [-0.25, -0.2) is 4.18 Å². The predicted molar refractivity (Wildman–Crippen MR) is 262 cm³/mol. The normalized spacial score (nSPS) is 19.9. The predicted octanol–water partition coefficient (Wildman–Crippen LogP) is 12.1. The maximum Gasteiger partial charge on any atom is 0.397 e. The molecular formula is C52H96O12S. The fourth-order valence-electron chi connectivity index (χ4n) is 7.99. The van der Waals surface area contributed by atoms with Gasteiger partial charge in [-0.2, -0.15) is 8.42 Å². The molecule has 1 fully saturated rings. The van der Waals surface area contributed by atoms with E-state index < -0.39 is 59.8 Å². The van der Waals surface area contributed by atoms with E-state index >= 15 is 0 Å². The lowest BCUT2D eigenvalue weighted by Crippen LogP contribution is -2.60. The lowest BCUT2D eigenvalue weighted by molar-refractivity contribution is -0.301. The number of carbonyl (C=O) groups is 1. The van der Waals surface area contributed by atoms with Gasteiger partial charge >= 0.3 is 16.4 Å². The van der Waals surface area contributed by atoms with Crippen molar-refractivity contribution in [1.29, 1.82) is 0 Å². The fourth-order valence-corrected chi connectivity index (χ4v) is 8.50. The zero-order chi connectivity index (χ0) is 47.5. The molecule has 1 saturated heterocycles. The Bertz CT molecular complexity index is 1270. The second-order valence-corrected chi connectivity index (χ2v) is 19.2. The van der Waals surface area contributed by atoms with Crippen molar-refractivity contribution in [2.75, 3.05) is 26.4 Å². The van der Waals surface area contributed by atoms with Crippen LogP contribution in [-0.2, 0) is 38.3 Å². The van der Waals surface area contributed by atoms with Gasteiger partial charge in [-0.1, -0.05) is 185 Å². The third-order valence-corrected chi connectivity index (χ3v) is 12.5. The van der Waals surface area contributed by atoms with Crippen LogP contribution in [0.15, 0.2) is 36.5 Å². The van der Waals surface area contributed by atoms with Crippen LogP contribution >= 0.6 is 0 Å². The molecule has 1 aliphatic heterocycles. The van der Waals surface area contributed by atoms with Crippen molar-refractivity contribution < 1.29 is 56.2 Å². The molecule has 0 aliphatic carbocycles. The Labute approximate surface area is 396 Å². The molecule has 0 spiro atoms. The van der Waals surface area contributed by atoms with Crippen LogP contribution in [0.3, 0.4) is 0 Å². The molecule has 12 nitrogen and oxygen atoms in total. The standard InChI is InChI=1S/C52H96O12S/c1-3-5-7-9-11-13-15-17-18-19-20-21-22-23-24-25-26-27-28-29-31-33-35-37-39-41-48(54)62-46(44-60-42-40-38-36-34-32-30-16-14-12-10-8-6-4-2)45-61-52-50(56)51(64-65(57,58)59)49(55)47(43-53)63-52/h12,14-15,17,19-20,46-47,49-53,55-56H,3-11,13,16,18,21-45H2,1-2H3,(H,57,58,59)/b14-12-,17-15-,20-19-. The first kappa shape index (κ1) is 61.3. The molecule has 4 N–H and O–H groups in total. The SMILES string of the molecule is CCCCC/C=C\CCCCCCCCOCC(COC1OC(CO)C(O)C(OS(=O)(=O)O)C1O)OC(=O)CCCCCCCCCCCCCCC/C=C\C/C=C\CCCCCCC. The molecule has 1 heterocycles. The largest absolute Gasteiger partial charge is 0.457 e. The minimum atomic E-state index is -5.06. The maximum absolute atomic E-state index is 12.9. The van der Waals surface area contributed by atoms with Crippen LogP contribution in [0.4, 0.5) is 0 Å². The van der Waals surface area contributed by atoms with E-state index in [1.54, 1.807) is 0 Å². The highest BCUT2D eigenvalue weighted by atomic mass is 32.3. The number of hydrogen-bond acceptors (Lipinski definition) is 11. The Kier molecular flexibility index (Phi) is 41.1. The number of carbonyl (C=O) groups excluding carboxylic acids is 1. The van der Waals surface area contributed by atoms with Crippen molar-refractivity contribution in [2.24, 2.45) is 0 Å². The van der Waals surface area contributed by atoms with Gasteiger partial charge in [0, 0.05) is 13.0 Å². The third-order valence-electron chi connectivity index (χ3n) is 12.0. The Balaban J connectivity index is 2.30. The minimum Gasteiger partial charge on any atom is -0.457 e. The van der Waals surface area contributed by atoms with Gasteiger partial charge in [-0.15, -0.1) is 0 Å². The highest BCUT2D eigenvalue weighted by Gasteiger charge is 2.48. The van der Waals surface area contributed by atoms with Gasteiger partial charge in [0.25, 0.3) is 0 Å². The topological polar surface area (TPSA) is 178 Å². The first-order valence-corrected chi connectivity index (χ1v) is 27.6. The van der Waals surface area contributed by atoms with E-state index in [-0.39, 0.29) is 19.6 Å². The Hall–Kier alpha value is -1.68. The van der Waals surface area contributed by atoms with Crippen molar-refractivity contribution in [3.8, 4) is 0 Å². The molecule has 1 aliphatic rings. The highest BCUT2D eigenvalue weighted by molar-refractivity contribution is 7.80. The molecule has 0 amide bonds. The Morgan fingerprint density at radius 3 is 1.51 bits per heavy atom. The zero-order valence-electron chi connectivity index (χ0n) is 41.1. The molecule has 382 valence electrons. The van der Waals surface area contributed by atoms with Crippen molar-refractivity contribution in [3.63, 3.8) is 0 Å². The minimum absolute atomic E-state index is 0.0331. The number of esters is 1. The van der Waals surface area contributed by atoms with Gasteiger partial charge < -0.3 is 34.3 Å². The molecule has 0 aromatic carbocycles. The van der Waals surface area contributed by atoms with Crippen LogP contribution in [0.5, 0.6) is 0 Å². The second-order valence-electron chi connectivity index (χ2n) is 18.1. The fraction of sp³-hybridized carbons (Fsp3) is 0.865. The molecule has 13 heteroatoms. The van der Waals surface area contributed by atoms with E-state index in [0.29, 0.717) is 13.0 Å². The first-order chi connectivity index (χ1) is 31.6. The number of aliphatic hydroxyl groups is 3. The van der Waals surface area contributed by atoms with Gasteiger partial charge in [-0.3, -0.25) is 9.35 Å². The van der Waals surface area contributed by atoms with Gasteiger partial charge in [0.1, 0.15) is 30.5 Å². The molecular weight excluding hydrogens is 849 g/mol. The smallest absolute Gasteiger partial charge is 0.397 e. The van der Waals surface area contributed by atoms with Crippen LogP contribution in [0.25, 0.3) is 0 Å². The summed E-state index contributed by atoms with van der Waals surface area (Å²) >= 11 is 0. The summed E-state index contributed by atoms with van der Waals surface area (Å²) < 4.78 is 59.2. The summed E-state index contributed by atoms with van der Waals surface area (Å²) in [5.74, 6) is -0.401. The number of unbranched alkanes of at least 4 members (excludes halogenated alkanes) is 27. The Morgan fingerprint density at radius 1 is 0.585 bits per heavy atom. The van der Waals surface area contributed by atoms with Crippen LogP contribution in [0.1, 0.15) is 226 Å². The second kappa shape index (κ2) is 43.6. The summed E-state index contributed by atoms with van der Waals surface area (Å²) in [6.07, 6.45) is 43.2. The van der Waals surface area contributed by atoms with Crippen molar-refractivity contribution in [3.05, 3.63) is 36.5 Å². The number of hydrogen-bond donors (Lipinski definition) is 4. The maximum atomic E-state index is 12.9. The highest BCUT2D eigenvalue weighted by Crippen LogP contribution is 2.26. The van der Waals surface area contributed by atoms with Gasteiger partial charge in [0.05, 0.1) is 19.8 Å². The number of aliphatic hydroxyl groups excluding tert-OH is 3. The summed E-state index contributed by atoms with van der Waals surface area (Å²) in [6, 6.07) is 0. The molecule has 0 aromatic heterocycles. The molecule has 1 rings (SSSR count). The molecule has 0 bridgehead atoms. The van der Waals surface area contributed by atoms with E-state index in [1.807, 2.05) is 0 Å². The van der Waals surface area contributed by atoms with E-state index in [9.17, 15) is 33.1 Å². The molecule has 65 heavy (non-hydrogen) atoms. The first-order valence-electron chi connectivity index (χ1n) is 26.2. The van der Waals surface area contributed by atoms with Crippen LogP contribution in [0, 0.1) is 0 Å². The lowest BCUT2D eigenvalue weighted by atomic mass is 9.99. The van der Waals surface area contributed by atoms with Crippen molar-refractivity contribution >= 4 is 16.4 Å². The van der Waals surface area contributed by atoms with Crippen LogP contribution < -0.4 is 0 Å². The monoisotopic (exact) mass is 945 g/mol. The summed E-state index contributed by atoms with van der Waals surface area (Å²) in [5.41, 5.74) is 0. The summed E-state index contributed by atoms with van der Waals surface area (Å²) in [5, 5.41) is 30.7.